The number of anilines is 1. The topological polar surface area (TPSA) is 76.1 Å². The number of hydrogen-bond donors (Lipinski definition) is 2. The van der Waals surface area contributed by atoms with Crippen LogP contribution in [-0.2, 0) is 11.3 Å². The highest BCUT2D eigenvalue weighted by atomic mass is 35.5. The molecule has 2 aromatic heterocycles. The number of ether oxygens (including phenoxy) is 1. The predicted molar refractivity (Wildman–Crippen MR) is 124 cm³/mol. The minimum Gasteiger partial charge on any atom is -0.381 e. The number of benzene rings is 1. The second-order valence-electron chi connectivity index (χ2n) is 7.04. The zero-order chi connectivity index (χ0) is 21.3. The molecule has 2 heterocycles. The quantitative estimate of drug-likeness (QED) is 0.312. The van der Waals surface area contributed by atoms with E-state index in [1.165, 1.54) is 0 Å². The lowest BCUT2D eigenvalue weighted by atomic mass is 10.1. The van der Waals surface area contributed by atoms with Gasteiger partial charge in [0.1, 0.15) is 10.6 Å². The van der Waals surface area contributed by atoms with Gasteiger partial charge in [0.25, 0.3) is 5.91 Å². The fourth-order valence-corrected chi connectivity index (χ4v) is 4.04. The number of rotatable bonds is 11. The van der Waals surface area contributed by atoms with Crippen molar-refractivity contribution in [1.82, 2.24) is 15.3 Å². The molecule has 0 saturated carbocycles. The summed E-state index contributed by atoms with van der Waals surface area (Å²) in [5.41, 5.74) is 1.69. The number of carbonyl (C=O) groups is 1. The van der Waals surface area contributed by atoms with Gasteiger partial charge in [-0.3, -0.25) is 4.79 Å². The first kappa shape index (κ1) is 22.5. The molecule has 0 bridgehead atoms. The number of carbonyl (C=O) groups excluding carboxylic acids is 1. The first-order valence-electron chi connectivity index (χ1n) is 10.2. The summed E-state index contributed by atoms with van der Waals surface area (Å²) < 4.78 is 5.50. The van der Waals surface area contributed by atoms with Crippen molar-refractivity contribution in [3.63, 3.8) is 0 Å². The SMILES string of the molecule is CCCCOCCCNC(=O)c1ccc(CNc2nc(Cl)nc3sc(C)cc23)cc1. The van der Waals surface area contributed by atoms with E-state index in [0.29, 0.717) is 25.3 Å². The Morgan fingerprint density at radius 2 is 1.93 bits per heavy atom. The largest absolute Gasteiger partial charge is 0.381 e. The second-order valence-corrected chi connectivity index (χ2v) is 8.62. The first-order chi connectivity index (χ1) is 14.6. The Balaban J connectivity index is 1.48. The molecule has 1 aromatic carbocycles. The number of fused-ring (bicyclic) bond motifs is 1. The molecule has 0 spiro atoms. The van der Waals surface area contributed by atoms with Crippen molar-refractivity contribution in [3.05, 3.63) is 51.6 Å². The third kappa shape index (κ3) is 6.39. The summed E-state index contributed by atoms with van der Waals surface area (Å²) in [7, 11) is 0. The molecule has 0 atom stereocenters. The second kappa shape index (κ2) is 11.2. The van der Waals surface area contributed by atoms with Crippen molar-refractivity contribution in [2.75, 3.05) is 25.1 Å². The molecule has 1 amide bonds. The number of aromatic nitrogens is 2. The summed E-state index contributed by atoms with van der Waals surface area (Å²) in [4.78, 5) is 22.9. The standard InChI is InChI=1S/C22H27ClN4O2S/c1-3-4-11-29-12-5-10-24-20(28)17-8-6-16(7-9-17)14-25-19-18-13-15(2)30-21(18)27-22(23)26-19/h6-9,13H,3-5,10-12,14H2,1-2H3,(H,24,28)(H,25,26,27). The van der Waals surface area contributed by atoms with Gasteiger partial charge in [-0.15, -0.1) is 11.3 Å². The third-order valence-corrected chi connectivity index (χ3v) is 5.67. The zero-order valence-electron chi connectivity index (χ0n) is 17.3. The maximum absolute atomic E-state index is 12.3. The number of nitrogens with one attached hydrogen (secondary N) is 2. The number of hydrogen-bond acceptors (Lipinski definition) is 6. The van der Waals surface area contributed by atoms with Crippen LogP contribution in [0.4, 0.5) is 5.82 Å². The Morgan fingerprint density at radius 3 is 2.70 bits per heavy atom. The molecular weight excluding hydrogens is 420 g/mol. The lowest BCUT2D eigenvalue weighted by Crippen LogP contribution is -2.25. The molecule has 8 heteroatoms. The third-order valence-electron chi connectivity index (χ3n) is 4.56. The fraction of sp³-hybridized carbons (Fsp3) is 0.409. The van der Waals surface area contributed by atoms with E-state index >= 15 is 0 Å². The van der Waals surface area contributed by atoms with Crippen LogP contribution in [0.5, 0.6) is 0 Å². The van der Waals surface area contributed by atoms with E-state index in [9.17, 15) is 4.79 Å². The normalized spacial score (nSPS) is 11.0. The maximum atomic E-state index is 12.3. The van der Waals surface area contributed by atoms with Crippen LogP contribution >= 0.6 is 22.9 Å². The zero-order valence-corrected chi connectivity index (χ0v) is 18.9. The van der Waals surface area contributed by atoms with Crippen LogP contribution in [-0.4, -0.2) is 35.6 Å². The number of amides is 1. The summed E-state index contributed by atoms with van der Waals surface area (Å²) in [6, 6.07) is 9.60. The van der Waals surface area contributed by atoms with Gasteiger partial charge in [-0.05, 0) is 55.1 Å². The molecule has 0 saturated heterocycles. The van der Waals surface area contributed by atoms with Crippen molar-refractivity contribution in [3.8, 4) is 0 Å². The Kier molecular flexibility index (Phi) is 8.42. The van der Waals surface area contributed by atoms with Crippen LogP contribution in [0.3, 0.4) is 0 Å². The molecule has 160 valence electrons. The smallest absolute Gasteiger partial charge is 0.251 e. The van der Waals surface area contributed by atoms with Crippen molar-refractivity contribution in [1.29, 1.82) is 0 Å². The van der Waals surface area contributed by atoms with Crippen molar-refractivity contribution in [2.24, 2.45) is 0 Å². The Labute approximate surface area is 186 Å². The van der Waals surface area contributed by atoms with Crippen molar-refractivity contribution in [2.45, 2.75) is 39.7 Å². The van der Waals surface area contributed by atoms with Gasteiger partial charge < -0.3 is 15.4 Å². The highest BCUT2D eigenvalue weighted by Crippen LogP contribution is 2.29. The summed E-state index contributed by atoms with van der Waals surface area (Å²) in [6.07, 6.45) is 3.03. The van der Waals surface area contributed by atoms with Gasteiger partial charge in [-0.2, -0.15) is 0 Å². The predicted octanol–water partition coefficient (Wildman–Crippen LogP) is 5.20. The lowest BCUT2D eigenvalue weighted by molar-refractivity contribution is 0.0940. The van der Waals surface area contributed by atoms with E-state index in [1.807, 2.05) is 31.2 Å². The van der Waals surface area contributed by atoms with E-state index in [2.05, 4.69) is 33.6 Å². The van der Waals surface area contributed by atoms with Crippen LogP contribution < -0.4 is 10.6 Å². The van der Waals surface area contributed by atoms with Crippen molar-refractivity contribution < 1.29 is 9.53 Å². The molecule has 0 fully saturated rings. The lowest BCUT2D eigenvalue weighted by Gasteiger charge is -2.09. The number of aryl methyl sites for hydroxylation is 1. The van der Waals surface area contributed by atoms with E-state index in [1.54, 1.807) is 11.3 Å². The number of halogens is 1. The number of unbranched alkanes of at least 4 members (excludes halogenated alkanes) is 1. The van der Waals surface area contributed by atoms with Crippen LogP contribution in [0.25, 0.3) is 10.2 Å². The van der Waals surface area contributed by atoms with Crippen LogP contribution in [0.1, 0.15) is 47.0 Å². The summed E-state index contributed by atoms with van der Waals surface area (Å²) in [6.45, 7) is 6.83. The van der Waals surface area contributed by atoms with Gasteiger partial charge in [-0.1, -0.05) is 25.5 Å². The molecule has 0 unspecified atom stereocenters. The summed E-state index contributed by atoms with van der Waals surface area (Å²) in [5, 5.41) is 7.46. The molecule has 2 N–H and O–H groups in total. The van der Waals surface area contributed by atoms with Crippen LogP contribution in [0, 0.1) is 6.92 Å². The van der Waals surface area contributed by atoms with E-state index in [4.69, 9.17) is 16.3 Å². The van der Waals surface area contributed by atoms with Gasteiger partial charge in [0.05, 0.1) is 5.39 Å². The molecule has 0 radical (unpaired) electrons. The van der Waals surface area contributed by atoms with Gasteiger partial charge in [0, 0.05) is 36.7 Å². The fourth-order valence-electron chi connectivity index (χ4n) is 2.94. The van der Waals surface area contributed by atoms with E-state index in [0.717, 1.165) is 52.3 Å². The molecule has 0 aliphatic carbocycles. The van der Waals surface area contributed by atoms with Gasteiger partial charge in [-0.25, -0.2) is 9.97 Å². The first-order valence-corrected chi connectivity index (χ1v) is 11.4. The summed E-state index contributed by atoms with van der Waals surface area (Å²) >= 11 is 7.64. The summed E-state index contributed by atoms with van der Waals surface area (Å²) in [5.74, 6) is 0.651. The minimum absolute atomic E-state index is 0.0684. The number of thiophene rings is 1. The minimum atomic E-state index is -0.0684. The molecule has 0 aliphatic rings. The van der Waals surface area contributed by atoms with Crippen molar-refractivity contribution >= 4 is 44.9 Å². The molecule has 30 heavy (non-hydrogen) atoms. The monoisotopic (exact) mass is 446 g/mol. The van der Waals surface area contributed by atoms with Crippen LogP contribution in [0.2, 0.25) is 5.28 Å². The average molecular weight is 447 g/mol. The van der Waals surface area contributed by atoms with E-state index < -0.39 is 0 Å². The maximum Gasteiger partial charge on any atom is 0.251 e. The number of nitrogens with zero attached hydrogens (tertiary/aromatic N) is 2. The van der Waals surface area contributed by atoms with Gasteiger partial charge in [0.2, 0.25) is 5.28 Å². The molecule has 3 rings (SSSR count). The molecule has 6 nitrogen and oxygen atoms in total. The van der Waals surface area contributed by atoms with Gasteiger partial charge in [0.15, 0.2) is 0 Å². The Hall–Kier alpha value is -2.22. The Bertz CT molecular complexity index is 975. The van der Waals surface area contributed by atoms with Crippen LogP contribution in [0.15, 0.2) is 30.3 Å². The Morgan fingerprint density at radius 1 is 1.17 bits per heavy atom. The highest BCUT2D eigenvalue weighted by molar-refractivity contribution is 7.18. The van der Waals surface area contributed by atoms with E-state index in [-0.39, 0.29) is 11.2 Å². The molecular formula is C22H27ClN4O2S. The molecule has 0 aliphatic heterocycles. The van der Waals surface area contributed by atoms with Gasteiger partial charge >= 0.3 is 0 Å². The highest BCUT2D eigenvalue weighted by Gasteiger charge is 2.10. The molecule has 3 aromatic rings. The average Bonchev–Trinajstić information content (AvgIpc) is 3.11.